The highest BCUT2D eigenvalue weighted by Gasteiger charge is 2.29. The maximum atomic E-state index is 10.8. The number of para-hydroxylation sites is 1. The summed E-state index contributed by atoms with van der Waals surface area (Å²) < 4.78 is 30.7. The van der Waals surface area contributed by atoms with Gasteiger partial charge in [0.15, 0.2) is 11.5 Å². The topological polar surface area (TPSA) is 52.6 Å². The van der Waals surface area contributed by atoms with Crippen LogP contribution in [0.25, 0.3) is 0 Å². The molecule has 0 bridgehead atoms. The molecule has 0 amide bonds. The molecular weight excluding hydrogens is 180 g/mol. The standard InChI is InChI=1S/C7H6O4S/c1-5-3-2-4-6-7(5)11-12(8,9)10-6/h2-4H,1H3. The van der Waals surface area contributed by atoms with Crippen molar-refractivity contribution in [1.82, 2.24) is 0 Å². The molecule has 0 aliphatic carbocycles. The number of fused-ring (bicyclic) bond motifs is 1. The molecule has 2 rings (SSSR count). The highest BCUT2D eigenvalue weighted by atomic mass is 32.3. The molecule has 5 heteroatoms. The number of hydrogen-bond acceptors (Lipinski definition) is 4. The zero-order valence-corrected chi connectivity index (χ0v) is 7.09. The molecule has 0 saturated carbocycles. The minimum absolute atomic E-state index is 0.259. The largest absolute Gasteiger partial charge is 0.501 e. The third-order valence-corrected chi connectivity index (χ3v) is 2.31. The van der Waals surface area contributed by atoms with Gasteiger partial charge in [0.2, 0.25) is 0 Å². The van der Waals surface area contributed by atoms with Gasteiger partial charge in [0, 0.05) is 0 Å². The Hall–Kier alpha value is -1.23. The van der Waals surface area contributed by atoms with Crippen LogP contribution in [0.15, 0.2) is 18.2 Å². The molecular formula is C7H6O4S. The normalized spacial score (nSPS) is 17.8. The first-order valence-electron chi connectivity index (χ1n) is 3.32. The van der Waals surface area contributed by atoms with E-state index in [9.17, 15) is 8.42 Å². The van der Waals surface area contributed by atoms with Crippen molar-refractivity contribution in [3.63, 3.8) is 0 Å². The van der Waals surface area contributed by atoms with Crippen LogP contribution < -0.4 is 8.37 Å². The van der Waals surface area contributed by atoms with Crippen LogP contribution in [0.5, 0.6) is 11.5 Å². The average molecular weight is 186 g/mol. The second kappa shape index (κ2) is 2.13. The van der Waals surface area contributed by atoms with Crippen LogP contribution in [0.1, 0.15) is 5.56 Å². The number of hydrogen-bond donors (Lipinski definition) is 0. The Morgan fingerprint density at radius 3 is 2.67 bits per heavy atom. The van der Waals surface area contributed by atoms with Crippen molar-refractivity contribution in [1.29, 1.82) is 0 Å². The maximum absolute atomic E-state index is 10.8. The van der Waals surface area contributed by atoms with Gasteiger partial charge in [-0.05, 0) is 18.6 Å². The Balaban J connectivity index is 2.63. The molecule has 0 unspecified atom stereocenters. The first-order chi connectivity index (χ1) is 5.58. The van der Waals surface area contributed by atoms with E-state index in [1.165, 1.54) is 0 Å². The number of aryl methyl sites for hydroxylation is 1. The van der Waals surface area contributed by atoms with Gasteiger partial charge in [-0.2, -0.15) is 0 Å². The molecule has 0 N–H and O–H groups in total. The zero-order valence-electron chi connectivity index (χ0n) is 6.27. The summed E-state index contributed by atoms with van der Waals surface area (Å²) in [6.45, 7) is 1.75. The Labute approximate surface area is 70.1 Å². The van der Waals surface area contributed by atoms with Crippen LogP contribution in [0, 0.1) is 6.92 Å². The summed E-state index contributed by atoms with van der Waals surface area (Å²) in [6.07, 6.45) is 0. The fourth-order valence-corrected chi connectivity index (χ4v) is 1.83. The van der Waals surface area contributed by atoms with Crippen LogP contribution in [0.3, 0.4) is 0 Å². The average Bonchev–Trinajstić information content (AvgIpc) is 2.25. The molecule has 0 atom stereocenters. The van der Waals surface area contributed by atoms with Crippen molar-refractivity contribution in [2.45, 2.75) is 6.92 Å². The second-order valence-electron chi connectivity index (χ2n) is 2.48. The van der Waals surface area contributed by atoms with Crippen molar-refractivity contribution in [2.75, 3.05) is 0 Å². The Morgan fingerprint density at radius 1 is 1.25 bits per heavy atom. The van der Waals surface area contributed by atoms with E-state index in [2.05, 4.69) is 8.37 Å². The smallest absolute Gasteiger partial charge is 0.349 e. The first kappa shape index (κ1) is 7.42. The summed E-state index contributed by atoms with van der Waals surface area (Å²) in [5.41, 5.74) is 0.744. The van der Waals surface area contributed by atoms with E-state index < -0.39 is 10.4 Å². The predicted molar refractivity (Wildman–Crippen MR) is 41.4 cm³/mol. The third kappa shape index (κ3) is 1.02. The molecule has 1 heterocycles. The van der Waals surface area contributed by atoms with Crippen molar-refractivity contribution in [3.05, 3.63) is 23.8 Å². The van der Waals surface area contributed by atoms with Crippen molar-refractivity contribution in [2.24, 2.45) is 0 Å². The molecule has 64 valence electrons. The Kier molecular flexibility index (Phi) is 1.32. The van der Waals surface area contributed by atoms with Gasteiger partial charge in [-0.1, -0.05) is 12.1 Å². The summed E-state index contributed by atoms with van der Waals surface area (Å²) in [5, 5.41) is 0. The molecule has 0 aromatic heterocycles. The summed E-state index contributed by atoms with van der Waals surface area (Å²) in [6, 6.07) is 5.01. The summed E-state index contributed by atoms with van der Waals surface area (Å²) in [5.74, 6) is 0.549. The van der Waals surface area contributed by atoms with Gasteiger partial charge in [0.05, 0.1) is 0 Å². The lowest BCUT2D eigenvalue weighted by Crippen LogP contribution is -2.08. The predicted octanol–water partition coefficient (Wildman–Crippen LogP) is 1.01. The molecule has 12 heavy (non-hydrogen) atoms. The van der Waals surface area contributed by atoms with E-state index in [-0.39, 0.29) is 11.5 Å². The lowest BCUT2D eigenvalue weighted by atomic mass is 10.2. The second-order valence-corrected chi connectivity index (χ2v) is 3.63. The summed E-state index contributed by atoms with van der Waals surface area (Å²) in [4.78, 5) is 0. The van der Waals surface area contributed by atoms with E-state index in [4.69, 9.17) is 0 Å². The van der Waals surface area contributed by atoms with E-state index in [0.29, 0.717) is 0 Å². The van der Waals surface area contributed by atoms with Crippen LogP contribution in [0.4, 0.5) is 0 Å². The maximum Gasteiger partial charge on any atom is 0.501 e. The lowest BCUT2D eigenvalue weighted by Gasteiger charge is -1.94. The Bertz CT molecular complexity index is 421. The molecule has 0 saturated heterocycles. The molecule has 1 aliphatic heterocycles. The van der Waals surface area contributed by atoms with Crippen molar-refractivity contribution < 1.29 is 16.8 Å². The minimum Gasteiger partial charge on any atom is -0.349 e. The monoisotopic (exact) mass is 186 g/mol. The van der Waals surface area contributed by atoms with Crippen LogP contribution >= 0.6 is 0 Å². The molecule has 1 aliphatic rings. The molecule has 0 fully saturated rings. The number of benzene rings is 1. The van der Waals surface area contributed by atoms with E-state index in [1.807, 2.05) is 0 Å². The fourth-order valence-electron chi connectivity index (χ4n) is 1.03. The van der Waals surface area contributed by atoms with Gasteiger partial charge in [0.25, 0.3) is 0 Å². The van der Waals surface area contributed by atoms with Crippen molar-refractivity contribution >= 4 is 10.4 Å². The Morgan fingerprint density at radius 2 is 2.00 bits per heavy atom. The molecule has 0 radical (unpaired) electrons. The van der Waals surface area contributed by atoms with Gasteiger partial charge in [-0.15, -0.1) is 8.42 Å². The van der Waals surface area contributed by atoms with Crippen molar-refractivity contribution in [3.8, 4) is 11.5 Å². The van der Waals surface area contributed by atoms with Gasteiger partial charge < -0.3 is 8.37 Å². The molecule has 4 nitrogen and oxygen atoms in total. The highest BCUT2D eigenvalue weighted by molar-refractivity contribution is 7.82. The van der Waals surface area contributed by atoms with Crippen LogP contribution in [-0.2, 0) is 10.4 Å². The van der Waals surface area contributed by atoms with E-state index in [0.717, 1.165) is 5.56 Å². The third-order valence-electron chi connectivity index (χ3n) is 1.55. The fraction of sp³-hybridized carbons (Fsp3) is 0.143. The van der Waals surface area contributed by atoms with E-state index in [1.54, 1.807) is 25.1 Å². The SMILES string of the molecule is Cc1cccc2c1OS(=O)(=O)O2. The highest BCUT2D eigenvalue weighted by Crippen LogP contribution is 2.37. The molecule has 1 aromatic rings. The minimum atomic E-state index is -3.83. The van der Waals surface area contributed by atoms with Gasteiger partial charge >= 0.3 is 10.4 Å². The van der Waals surface area contributed by atoms with Gasteiger partial charge in [0.1, 0.15) is 0 Å². The zero-order chi connectivity index (χ0) is 8.77. The van der Waals surface area contributed by atoms with E-state index >= 15 is 0 Å². The molecule has 1 aromatic carbocycles. The summed E-state index contributed by atoms with van der Waals surface area (Å²) >= 11 is 0. The van der Waals surface area contributed by atoms with Crippen LogP contribution in [-0.4, -0.2) is 8.42 Å². The number of rotatable bonds is 0. The first-order valence-corrected chi connectivity index (χ1v) is 4.65. The molecule has 0 spiro atoms. The quantitative estimate of drug-likeness (QED) is 0.606. The van der Waals surface area contributed by atoms with Gasteiger partial charge in [-0.3, -0.25) is 0 Å². The van der Waals surface area contributed by atoms with Gasteiger partial charge in [-0.25, -0.2) is 0 Å². The van der Waals surface area contributed by atoms with Crippen LogP contribution in [0.2, 0.25) is 0 Å². The summed E-state index contributed by atoms with van der Waals surface area (Å²) in [7, 11) is -3.83. The lowest BCUT2D eigenvalue weighted by molar-refractivity contribution is 0.436.